The minimum atomic E-state index is -3.70. The van der Waals surface area contributed by atoms with Gasteiger partial charge in [0.1, 0.15) is 10.6 Å². The Balaban J connectivity index is 1.83. The van der Waals surface area contributed by atoms with Gasteiger partial charge in [0, 0.05) is 13.1 Å². The molecule has 0 aliphatic rings. The van der Waals surface area contributed by atoms with Crippen LogP contribution < -0.4 is 0 Å². The van der Waals surface area contributed by atoms with E-state index >= 15 is 0 Å². The van der Waals surface area contributed by atoms with Crippen molar-refractivity contribution in [3.8, 4) is 10.6 Å². The van der Waals surface area contributed by atoms with Gasteiger partial charge in [-0.05, 0) is 25.3 Å². The Labute approximate surface area is 137 Å². The molecule has 7 nitrogen and oxygen atoms in total. The van der Waals surface area contributed by atoms with Crippen molar-refractivity contribution in [2.24, 2.45) is 0 Å². The van der Waals surface area contributed by atoms with E-state index in [1.54, 1.807) is 19.9 Å². The fourth-order valence-corrected chi connectivity index (χ4v) is 4.33. The van der Waals surface area contributed by atoms with E-state index in [9.17, 15) is 8.42 Å². The molecule has 0 bridgehead atoms. The van der Waals surface area contributed by atoms with Crippen LogP contribution in [0.4, 0.5) is 0 Å². The first-order chi connectivity index (χ1) is 10.9. The quantitative estimate of drug-likeness (QED) is 0.701. The van der Waals surface area contributed by atoms with Gasteiger partial charge in [-0.25, -0.2) is 8.42 Å². The van der Waals surface area contributed by atoms with Crippen LogP contribution in [0.5, 0.6) is 0 Å². The molecule has 3 heterocycles. The maximum absolute atomic E-state index is 12.6. The van der Waals surface area contributed by atoms with Crippen LogP contribution in [0.25, 0.3) is 10.6 Å². The number of sulfonamides is 1. The summed E-state index contributed by atoms with van der Waals surface area (Å²) < 4.78 is 36.7. The fraction of sp³-hybridized carbons (Fsp3) is 0.286. The van der Waals surface area contributed by atoms with E-state index in [0.717, 1.165) is 4.88 Å². The number of rotatable bonds is 5. The van der Waals surface area contributed by atoms with Gasteiger partial charge in [-0.3, -0.25) is 0 Å². The van der Waals surface area contributed by atoms with Gasteiger partial charge in [0.15, 0.2) is 11.5 Å². The Hall–Kier alpha value is -1.97. The molecule has 0 unspecified atom stereocenters. The summed E-state index contributed by atoms with van der Waals surface area (Å²) in [6, 6.07) is 5.57. The average molecular weight is 353 g/mol. The van der Waals surface area contributed by atoms with Crippen LogP contribution in [0.1, 0.15) is 17.1 Å². The molecule has 3 rings (SSSR count). The second kappa shape index (κ2) is 5.91. The maximum atomic E-state index is 12.6. The molecule has 122 valence electrons. The van der Waals surface area contributed by atoms with E-state index in [4.69, 9.17) is 9.05 Å². The Morgan fingerprint density at radius 1 is 1.26 bits per heavy atom. The molecule has 0 saturated carbocycles. The van der Waals surface area contributed by atoms with Crippen LogP contribution in [0.3, 0.4) is 0 Å². The highest BCUT2D eigenvalue weighted by atomic mass is 32.2. The molecule has 3 aromatic heterocycles. The fourth-order valence-electron chi connectivity index (χ4n) is 2.23. The van der Waals surface area contributed by atoms with Gasteiger partial charge < -0.3 is 9.05 Å². The molecule has 0 saturated heterocycles. The maximum Gasteiger partial charge on any atom is 0.248 e. The third-order valence-electron chi connectivity index (χ3n) is 3.34. The van der Waals surface area contributed by atoms with E-state index in [2.05, 4.69) is 10.3 Å². The summed E-state index contributed by atoms with van der Waals surface area (Å²) in [6.45, 7) is 3.27. The number of hydrogen-bond acceptors (Lipinski definition) is 7. The first-order valence-electron chi connectivity index (χ1n) is 6.78. The van der Waals surface area contributed by atoms with Crippen molar-refractivity contribution in [3.05, 3.63) is 40.7 Å². The number of thiophene rings is 1. The topological polar surface area (TPSA) is 89.4 Å². The van der Waals surface area contributed by atoms with Crippen molar-refractivity contribution in [2.45, 2.75) is 25.3 Å². The second-order valence-corrected chi connectivity index (χ2v) is 8.00. The summed E-state index contributed by atoms with van der Waals surface area (Å²) in [4.78, 5) is 1.04. The average Bonchev–Trinajstić information content (AvgIpc) is 3.20. The lowest BCUT2D eigenvalue weighted by atomic mass is 10.3. The van der Waals surface area contributed by atoms with Crippen LogP contribution in [0.2, 0.25) is 0 Å². The summed E-state index contributed by atoms with van der Waals surface area (Å²) in [6.07, 6.45) is 0. The molecule has 0 spiro atoms. The van der Waals surface area contributed by atoms with E-state index < -0.39 is 10.0 Å². The highest BCUT2D eigenvalue weighted by molar-refractivity contribution is 7.89. The molecule has 23 heavy (non-hydrogen) atoms. The summed E-state index contributed by atoms with van der Waals surface area (Å²) in [5.74, 6) is 0.895. The van der Waals surface area contributed by atoms with Crippen LogP contribution in [0.15, 0.2) is 37.5 Å². The van der Waals surface area contributed by atoms with E-state index in [1.165, 1.54) is 22.7 Å². The zero-order chi connectivity index (χ0) is 16.6. The van der Waals surface area contributed by atoms with Gasteiger partial charge in [-0.15, -0.1) is 11.3 Å². The minimum absolute atomic E-state index is 0.0985. The van der Waals surface area contributed by atoms with Crippen molar-refractivity contribution in [3.63, 3.8) is 0 Å². The molecule has 9 heteroatoms. The largest absolute Gasteiger partial charge is 0.360 e. The molecule has 0 fully saturated rings. The summed E-state index contributed by atoms with van der Waals surface area (Å²) in [5, 5.41) is 9.57. The smallest absolute Gasteiger partial charge is 0.248 e. The molecule has 0 N–H and O–H groups in total. The van der Waals surface area contributed by atoms with Crippen LogP contribution in [-0.2, 0) is 16.6 Å². The molecular formula is C14H15N3O4S2. The van der Waals surface area contributed by atoms with Crippen molar-refractivity contribution < 1.29 is 17.5 Å². The van der Waals surface area contributed by atoms with Gasteiger partial charge in [0.25, 0.3) is 0 Å². The van der Waals surface area contributed by atoms with Gasteiger partial charge in [0.2, 0.25) is 10.0 Å². The number of aryl methyl sites for hydroxylation is 2. The van der Waals surface area contributed by atoms with Crippen molar-refractivity contribution in [1.29, 1.82) is 0 Å². The Bertz CT molecular complexity index is 890. The van der Waals surface area contributed by atoms with Crippen molar-refractivity contribution >= 4 is 21.4 Å². The first kappa shape index (κ1) is 15.9. The lowest BCUT2D eigenvalue weighted by molar-refractivity contribution is 0.388. The van der Waals surface area contributed by atoms with Gasteiger partial charge in [0.05, 0.1) is 17.1 Å². The predicted octanol–water partition coefficient (Wildman–Crippen LogP) is 2.83. The third kappa shape index (κ3) is 2.94. The summed E-state index contributed by atoms with van der Waals surface area (Å²) in [7, 11) is -2.21. The molecule has 0 radical (unpaired) electrons. The number of aromatic nitrogens is 2. The Kier molecular flexibility index (Phi) is 4.09. The van der Waals surface area contributed by atoms with Gasteiger partial charge in [-0.1, -0.05) is 16.4 Å². The SMILES string of the molecule is Cc1noc(C)c1S(=O)(=O)N(C)Cc1cc(-c2cccs2)on1. The molecule has 0 amide bonds. The van der Waals surface area contributed by atoms with Crippen LogP contribution >= 0.6 is 11.3 Å². The number of hydrogen-bond donors (Lipinski definition) is 0. The van der Waals surface area contributed by atoms with Crippen molar-refractivity contribution in [1.82, 2.24) is 14.6 Å². The van der Waals surface area contributed by atoms with Gasteiger partial charge in [-0.2, -0.15) is 4.31 Å². The molecule has 0 aliphatic carbocycles. The van der Waals surface area contributed by atoms with Crippen LogP contribution in [-0.4, -0.2) is 30.1 Å². The Morgan fingerprint density at radius 2 is 2.04 bits per heavy atom. The normalized spacial score (nSPS) is 12.2. The minimum Gasteiger partial charge on any atom is -0.360 e. The molecule has 0 aliphatic heterocycles. The highest BCUT2D eigenvalue weighted by Gasteiger charge is 2.29. The highest BCUT2D eigenvalue weighted by Crippen LogP contribution is 2.27. The zero-order valence-electron chi connectivity index (χ0n) is 12.8. The lowest BCUT2D eigenvalue weighted by Crippen LogP contribution is -2.27. The number of nitrogens with zero attached hydrogens (tertiary/aromatic N) is 3. The molecule has 0 atom stereocenters. The van der Waals surface area contributed by atoms with Gasteiger partial charge >= 0.3 is 0 Å². The second-order valence-electron chi connectivity index (χ2n) is 5.07. The van der Waals surface area contributed by atoms with E-state index in [1.807, 2.05) is 17.5 Å². The third-order valence-corrected chi connectivity index (χ3v) is 6.28. The van der Waals surface area contributed by atoms with Crippen molar-refractivity contribution in [2.75, 3.05) is 7.05 Å². The lowest BCUT2D eigenvalue weighted by Gasteiger charge is -2.15. The molecular weight excluding hydrogens is 338 g/mol. The predicted molar refractivity (Wildman–Crippen MR) is 84.4 cm³/mol. The molecule has 3 aromatic rings. The first-order valence-corrected chi connectivity index (χ1v) is 9.10. The summed E-state index contributed by atoms with van der Waals surface area (Å²) >= 11 is 1.53. The van der Waals surface area contributed by atoms with E-state index in [0.29, 0.717) is 17.1 Å². The summed E-state index contributed by atoms with van der Waals surface area (Å²) in [5.41, 5.74) is 0.875. The van der Waals surface area contributed by atoms with E-state index in [-0.39, 0.29) is 17.2 Å². The zero-order valence-corrected chi connectivity index (χ0v) is 14.4. The standard InChI is InChI=1S/C14H15N3O4S2/c1-9-14(10(2)20-15-9)23(18,19)17(3)8-11-7-12(21-16-11)13-5-4-6-22-13/h4-7H,8H2,1-3H3. The molecule has 0 aromatic carbocycles. The van der Waals surface area contributed by atoms with Crippen LogP contribution in [0, 0.1) is 13.8 Å². The monoisotopic (exact) mass is 353 g/mol. The Morgan fingerprint density at radius 3 is 2.65 bits per heavy atom.